The first-order valence-electron chi connectivity index (χ1n) is 5.19. The molecule has 2 nitrogen and oxygen atoms in total. The summed E-state index contributed by atoms with van der Waals surface area (Å²) in [4.78, 5) is 0. The van der Waals surface area contributed by atoms with Crippen molar-refractivity contribution in [3.63, 3.8) is 0 Å². The molecule has 0 bridgehead atoms. The normalized spacial score (nSPS) is 11.6. The van der Waals surface area contributed by atoms with Crippen molar-refractivity contribution in [3.8, 4) is 0 Å². The van der Waals surface area contributed by atoms with E-state index < -0.39 is 11.7 Å². The molecule has 0 spiro atoms. The van der Waals surface area contributed by atoms with Gasteiger partial charge in [-0.25, -0.2) is 0 Å². The third kappa shape index (κ3) is 5.04. The lowest BCUT2D eigenvalue weighted by molar-refractivity contribution is -0.137. The van der Waals surface area contributed by atoms with Gasteiger partial charge in [-0.15, -0.1) is 11.6 Å². The van der Waals surface area contributed by atoms with E-state index in [1.54, 1.807) is 0 Å². The summed E-state index contributed by atoms with van der Waals surface area (Å²) in [6, 6.07) is 3.46. The van der Waals surface area contributed by atoms with Crippen LogP contribution in [0.15, 0.2) is 22.7 Å². The Balaban J connectivity index is 2.53. The Morgan fingerprint density at radius 1 is 1.28 bits per heavy atom. The van der Waals surface area contributed by atoms with Gasteiger partial charge in [0, 0.05) is 22.6 Å². The third-order valence-corrected chi connectivity index (χ3v) is 2.89. The van der Waals surface area contributed by atoms with Gasteiger partial charge in [-0.05, 0) is 34.1 Å². The fourth-order valence-corrected chi connectivity index (χ4v) is 1.88. The summed E-state index contributed by atoms with van der Waals surface area (Å²) < 4.78 is 42.8. The zero-order chi connectivity index (χ0) is 13.6. The number of nitrogens with one attached hydrogen (secondary N) is 1. The van der Waals surface area contributed by atoms with E-state index in [1.807, 2.05) is 0 Å². The molecule has 1 aromatic carbocycles. The highest BCUT2D eigenvalue weighted by Gasteiger charge is 2.30. The van der Waals surface area contributed by atoms with Gasteiger partial charge < -0.3 is 10.1 Å². The lowest BCUT2D eigenvalue weighted by Crippen LogP contribution is -2.11. The van der Waals surface area contributed by atoms with Crippen LogP contribution in [-0.4, -0.2) is 25.6 Å². The molecule has 0 unspecified atom stereocenters. The van der Waals surface area contributed by atoms with E-state index in [4.69, 9.17) is 16.3 Å². The Labute approximate surface area is 117 Å². The molecule has 0 fully saturated rings. The number of ether oxygens (including phenoxy) is 1. The number of alkyl halides is 4. The maximum Gasteiger partial charge on any atom is 0.416 e. The average Bonchev–Trinajstić information content (AvgIpc) is 2.29. The molecule has 0 radical (unpaired) electrons. The molecule has 102 valence electrons. The van der Waals surface area contributed by atoms with Crippen molar-refractivity contribution in [3.05, 3.63) is 28.2 Å². The van der Waals surface area contributed by atoms with Crippen LogP contribution in [0.4, 0.5) is 18.9 Å². The third-order valence-electron chi connectivity index (χ3n) is 2.08. The monoisotopic (exact) mass is 345 g/mol. The zero-order valence-corrected chi connectivity index (χ0v) is 11.7. The van der Waals surface area contributed by atoms with E-state index >= 15 is 0 Å². The Kier molecular flexibility index (Phi) is 6.25. The molecule has 0 amide bonds. The van der Waals surface area contributed by atoms with E-state index in [0.717, 1.165) is 12.1 Å². The highest BCUT2D eigenvalue weighted by atomic mass is 79.9. The van der Waals surface area contributed by atoms with Crippen LogP contribution in [0.3, 0.4) is 0 Å². The molecule has 1 N–H and O–H groups in total. The SMILES string of the molecule is FC(F)(F)c1ccc(NCCOCCCl)c(Br)c1. The number of anilines is 1. The molecular weight excluding hydrogens is 334 g/mol. The first-order chi connectivity index (χ1) is 8.45. The molecule has 0 aromatic heterocycles. The molecule has 18 heavy (non-hydrogen) atoms. The van der Waals surface area contributed by atoms with E-state index in [0.29, 0.717) is 35.8 Å². The van der Waals surface area contributed by atoms with E-state index in [9.17, 15) is 13.2 Å². The molecule has 0 saturated carbocycles. The Morgan fingerprint density at radius 2 is 2.00 bits per heavy atom. The van der Waals surface area contributed by atoms with Gasteiger partial charge in [0.05, 0.1) is 18.8 Å². The minimum Gasteiger partial charge on any atom is -0.382 e. The zero-order valence-electron chi connectivity index (χ0n) is 9.36. The first-order valence-corrected chi connectivity index (χ1v) is 6.52. The lowest BCUT2D eigenvalue weighted by Gasteiger charge is -2.12. The number of benzene rings is 1. The predicted octanol–water partition coefficient (Wildman–Crippen LogP) is 4.14. The highest BCUT2D eigenvalue weighted by molar-refractivity contribution is 9.10. The molecular formula is C11H12BrClF3NO. The molecule has 1 rings (SSSR count). The van der Waals surface area contributed by atoms with Gasteiger partial charge in [-0.1, -0.05) is 0 Å². The second-order valence-electron chi connectivity index (χ2n) is 3.42. The van der Waals surface area contributed by atoms with Crippen LogP contribution in [0.25, 0.3) is 0 Å². The Morgan fingerprint density at radius 3 is 2.56 bits per heavy atom. The van der Waals surface area contributed by atoms with E-state index in [2.05, 4.69) is 21.2 Å². The van der Waals surface area contributed by atoms with E-state index in [-0.39, 0.29) is 0 Å². The average molecular weight is 347 g/mol. The van der Waals surface area contributed by atoms with Gasteiger partial charge in [0.15, 0.2) is 0 Å². The molecule has 0 heterocycles. The number of rotatable bonds is 6. The molecule has 0 saturated heterocycles. The topological polar surface area (TPSA) is 21.3 Å². The standard InChI is InChI=1S/C11H12BrClF3NO/c12-9-7-8(11(14,15)16)1-2-10(9)17-4-6-18-5-3-13/h1-2,7,17H,3-6H2. The quantitative estimate of drug-likeness (QED) is 0.617. The van der Waals surface area contributed by atoms with Crippen molar-refractivity contribution in [2.75, 3.05) is 31.0 Å². The summed E-state index contributed by atoms with van der Waals surface area (Å²) in [5.41, 5.74) is -0.0872. The van der Waals surface area contributed by atoms with Crippen LogP contribution in [0.2, 0.25) is 0 Å². The van der Waals surface area contributed by atoms with E-state index in [1.165, 1.54) is 6.07 Å². The van der Waals surface area contributed by atoms with Crippen molar-refractivity contribution in [1.29, 1.82) is 0 Å². The van der Waals surface area contributed by atoms with Crippen LogP contribution >= 0.6 is 27.5 Å². The highest BCUT2D eigenvalue weighted by Crippen LogP contribution is 2.33. The maximum atomic E-state index is 12.4. The maximum absolute atomic E-state index is 12.4. The first kappa shape index (κ1) is 15.6. The Hall–Kier alpha value is -0.460. The molecule has 0 aliphatic carbocycles. The van der Waals surface area contributed by atoms with Crippen molar-refractivity contribution in [2.45, 2.75) is 6.18 Å². The van der Waals surface area contributed by atoms with Gasteiger partial charge in [0.2, 0.25) is 0 Å². The van der Waals surface area contributed by atoms with Gasteiger partial charge >= 0.3 is 6.18 Å². The Bertz CT molecular complexity index is 387. The van der Waals surface area contributed by atoms with Crippen LogP contribution in [0, 0.1) is 0 Å². The summed E-state index contributed by atoms with van der Waals surface area (Å²) >= 11 is 8.52. The summed E-state index contributed by atoms with van der Waals surface area (Å²) in [6.45, 7) is 1.40. The number of hydrogen-bond donors (Lipinski definition) is 1. The minimum absolute atomic E-state index is 0.370. The molecule has 0 aliphatic rings. The molecule has 7 heteroatoms. The molecule has 1 aromatic rings. The van der Waals surface area contributed by atoms with Gasteiger partial charge in [0.25, 0.3) is 0 Å². The lowest BCUT2D eigenvalue weighted by atomic mass is 10.2. The van der Waals surface area contributed by atoms with Crippen LogP contribution in [-0.2, 0) is 10.9 Å². The second kappa shape index (κ2) is 7.21. The fraction of sp³-hybridized carbons (Fsp3) is 0.455. The molecule has 0 atom stereocenters. The van der Waals surface area contributed by atoms with Crippen LogP contribution in [0.5, 0.6) is 0 Å². The largest absolute Gasteiger partial charge is 0.416 e. The summed E-state index contributed by atoms with van der Waals surface area (Å²) in [5.74, 6) is 0.421. The van der Waals surface area contributed by atoms with Crippen molar-refractivity contribution < 1.29 is 17.9 Å². The summed E-state index contributed by atoms with van der Waals surface area (Å²) in [6.07, 6.45) is -4.33. The van der Waals surface area contributed by atoms with Gasteiger partial charge in [-0.2, -0.15) is 13.2 Å². The van der Waals surface area contributed by atoms with Crippen molar-refractivity contribution in [1.82, 2.24) is 0 Å². The van der Waals surface area contributed by atoms with Crippen LogP contribution in [0.1, 0.15) is 5.56 Å². The summed E-state index contributed by atoms with van der Waals surface area (Å²) in [5, 5.41) is 2.97. The summed E-state index contributed by atoms with van der Waals surface area (Å²) in [7, 11) is 0. The predicted molar refractivity (Wildman–Crippen MR) is 69.2 cm³/mol. The van der Waals surface area contributed by atoms with Crippen molar-refractivity contribution in [2.24, 2.45) is 0 Å². The van der Waals surface area contributed by atoms with Crippen molar-refractivity contribution >= 4 is 33.2 Å². The van der Waals surface area contributed by atoms with Gasteiger partial charge in [0.1, 0.15) is 0 Å². The fourth-order valence-electron chi connectivity index (χ4n) is 1.25. The molecule has 0 aliphatic heterocycles. The number of halogens is 5. The minimum atomic E-state index is -4.33. The van der Waals surface area contributed by atoms with Gasteiger partial charge in [-0.3, -0.25) is 0 Å². The van der Waals surface area contributed by atoms with Crippen LogP contribution < -0.4 is 5.32 Å². The number of hydrogen-bond acceptors (Lipinski definition) is 2. The second-order valence-corrected chi connectivity index (χ2v) is 4.65. The smallest absolute Gasteiger partial charge is 0.382 e.